The molecule has 1 N–H and O–H groups in total. The van der Waals surface area contributed by atoms with Gasteiger partial charge in [-0.05, 0) is 42.3 Å². The summed E-state index contributed by atoms with van der Waals surface area (Å²) in [5, 5.41) is 3.26. The molecular weight excluding hydrogens is 439 g/mol. The second-order valence-corrected chi connectivity index (χ2v) is 8.97. The number of halogens is 2. The Hall–Kier alpha value is -2.16. The van der Waals surface area contributed by atoms with Crippen LogP contribution in [0.1, 0.15) is 5.56 Å². The summed E-state index contributed by atoms with van der Waals surface area (Å²) in [5.41, 5.74) is 1.16. The van der Waals surface area contributed by atoms with Gasteiger partial charge in [0, 0.05) is 16.6 Å². The first kappa shape index (κ1) is 23.1. The van der Waals surface area contributed by atoms with Crippen molar-refractivity contribution in [2.24, 2.45) is 0 Å². The molecule has 0 radical (unpaired) electrons. The number of amides is 1. The molecular formula is C19H22Cl2N2O5S. The number of rotatable bonds is 9. The summed E-state index contributed by atoms with van der Waals surface area (Å²) in [6.07, 6.45) is 1.55. The average molecular weight is 461 g/mol. The molecule has 158 valence electrons. The maximum Gasteiger partial charge on any atom is 0.240 e. The molecule has 0 spiro atoms. The van der Waals surface area contributed by atoms with Crippen LogP contribution in [0.2, 0.25) is 10.0 Å². The molecule has 0 heterocycles. The van der Waals surface area contributed by atoms with E-state index < -0.39 is 15.9 Å². The van der Waals surface area contributed by atoms with E-state index in [0.29, 0.717) is 24.5 Å². The highest BCUT2D eigenvalue weighted by Crippen LogP contribution is 2.28. The van der Waals surface area contributed by atoms with Gasteiger partial charge in [0.2, 0.25) is 15.9 Å². The molecule has 0 aliphatic carbocycles. The van der Waals surface area contributed by atoms with Gasteiger partial charge in [-0.15, -0.1) is 0 Å². The van der Waals surface area contributed by atoms with E-state index in [1.807, 2.05) is 12.1 Å². The molecule has 29 heavy (non-hydrogen) atoms. The van der Waals surface area contributed by atoms with Gasteiger partial charge in [0.1, 0.15) is 6.54 Å². The van der Waals surface area contributed by atoms with E-state index in [9.17, 15) is 13.2 Å². The molecule has 2 aromatic carbocycles. The molecule has 2 rings (SSSR count). The second-order valence-electron chi connectivity index (χ2n) is 6.19. The van der Waals surface area contributed by atoms with Crippen LogP contribution in [-0.4, -0.2) is 47.9 Å². The lowest BCUT2D eigenvalue weighted by molar-refractivity contribution is -0.119. The highest BCUT2D eigenvalue weighted by Gasteiger charge is 2.21. The smallest absolute Gasteiger partial charge is 0.240 e. The topological polar surface area (TPSA) is 84.9 Å². The molecule has 0 fully saturated rings. The normalized spacial score (nSPS) is 11.1. The minimum atomic E-state index is -3.72. The minimum absolute atomic E-state index is 0.222. The van der Waals surface area contributed by atoms with Gasteiger partial charge in [-0.2, -0.15) is 0 Å². The largest absolute Gasteiger partial charge is 0.493 e. The van der Waals surface area contributed by atoms with Gasteiger partial charge in [-0.3, -0.25) is 9.10 Å². The van der Waals surface area contributed by atoms with Crippen LogP contribution < -0.4 is 19.1 Å². The van der Waals surface area contributed by atoms with Crippen LogP contribution >= 0.6 is 23.2 Å². The number of benzene rings is 2. The van der Waals surface area contributed by atoms with Gasteiger partial charge in [0.25, 0.3) is 0 Å². The van der Waals surface area contributed by atoms with Crippen LogP contribution in [0.4, 0.5) is 5.69 Å². The summed E-state index contributed by atoms with van der Waals surface area (Å²) in [7, 11) is -0.615. The minimum Gasteiger partial charge on any atom is -0.493 e. The van der Waals surface area contributed by atoms with Gasteiger partial charge in [-0.1, -0.05) is 29.3 Å². The molecule has 0 aliphatic rings. The maximum absolute atomic E-state index is 12.3. The number of carbonyl (C=O) groups is 1. The van der Waals surface area contributed by atoms with Crippen molar-refractivity contribution in [1.82, 2.24) is 5.32 Å². The number of nitrogens with one attached hydrogen (secondary N) is 1. The Morgan fingerprint density at radius 1 is 1.03 bits per heavy atom. The zero-order valence-electron chi connectivity index (χ0n) is 16.2. The zero-order chi connectivity index (χ0) is 21.6. The lowest BCUT2D eigenvalue weighted by atomic mass is 10.1. The molecule has 0 unspecified atom stereocenters. The number of sulfonamides is 1. The van der Waals surface area contributed by atoms with E-state index in [1.54, 1.807) is 20.3 Å². The highest BCUT2D eigenvalue weighted by atomic mass is 35.5. The molecule has 1 amide bonds. The third kappa shape index (κ3) is 6.69. The maximum atomic E-state index is 12.3. The number of nitrogens with zero attached hydrogens (tertiary/aromatic N) is 1. The SMILES string of the molecule is COc1ccc(CCNC(=O)CN(c2cc(Cl)cc(Cl)c2)S(C)(=O)=O)cc1OC. The Labute approximate surface area is 180 Å². The first-order valence-corrected chi connectivity index (χ1v) is 11.2. The summed E-state index contributed by atoms with van der Waals surface area (Å²) >= 11 is 11.9. The Morgan fingerprint density at radius 3 is 2.21 bits per heavy atom. The summed E-state index contributed by atoms with van der Waals surface area (Å²) in [4.78, 5) is 12.3. The van der Waals surface area contributed by atoms with Gasteiger partial charge < -0.3 is 14.8 Å². The molecule has 0 bridgehead atoms. The van der Waals surface area contributed by atoms with Crippen LogP contribution in [-0.2, 0) is 21.2 Å². The molecule has 0 saturated heterocycles. The van der Waals surface area contributed by atoms with Crippen LogP contribution in [0.3, 0.4) is 0 Å². The monoisotopic (exact) mass is 460 g/mol. The standard InChI is InChI=1S/C19H22Cl2N2O5S/c1-27-17-5-4-13(8-18(17)28-2)6-7-22-19(24)12-23(29(3,25)26)16-10-14(20)9-15(21)11-16/h4-5,8-11H,6-7,12H2,1-3H3,(H,22,24). The summed E-state index contributed by atoms with van der Waals surface area (Å²) in [6.45, 7) is -0.0658. The molecule has 10 heteroatoms. The van der Waals surface area contributed by atoms with Crippen LogP contribution in [0.15, 0.2) is 36.4 Å². The van der Waals surface area contributed by atoms with Crippen molar-refractivity contribution in [3.05, 3.63) is 52.0 Å². The predicted octanol–water partition coefficient (Wildman–Crippen LogP) is 3.14. The molecule has 0 saturated carbocycles. The lowest BCUT2D eigenvalue weighted by Gasteiger charge is -2.22. The first-order chi connectivity index (χ1) is 13.6. The van der Waals surface area contributed by atoms with Gasteiger partial charge in [0.05, 0.1) is 26.2 Å². The summed E-state index contributed by atoms with van der Waals surface area (Å²) < 4.78 is 35.7. The third-order valence-electron chi connectivity index (χ3n) is 4.01. The van der Waals surface area contributed by atoms with Crippen molar-refractivity contribution in [3.8, 4) is 11.5 Å². The van der Waals surface area contributed by atoms with Crippen molar-refractivity contribution in [2.75, 3.05) is 37.9 Å². The van der Waals surface area contributed by atoms with Crippen molar-refractivity contribution >= 4 is 44.8 Å². The molecule has 0 aliphatic heterocycles. The molecule has 0 aromatic heterocycles. The summed E-state index contributed by atoms with van der Waals surface area (Å²) in [5.74, 6) is 0.758. The fourth-order valence-corrected chi connectivity index (χ4v) is 4.01. The molecule has 7 nitrogen and oxygen atoms in total. The average Bonchev–Trinajstić information content (AvgIpc) is 2.64. The fourth-order valence-electron chi connectivity index (χ4n) is 2.65. The second kappa shape index (κ2) is 10.0. The number of carbonyl (C=O) groups excluding carboxylic acids is 1. The van der Waals surface area contributed by atoms with Crippen molar-refractivity contribution in [2.45, 2.75) is 6.42 Å². The Bertz CT molecular complexity index is 962. The van der Waals surface area contributed by atoms with Gasteiger partial charge in [-0.25, -0.2) is 8.42 Å². The zero-order valence-corrected chi connectivity index (χ0v) is 18.6. The van der Waals surface area contributed by atoms with E-state index in [1.165, 1.54) is 18.2 Å². The Kier molecular flexibility index (Phi) is 8.01. The molecule has 0 atom stereocenters. The molecule has 2 aromatic rings. The third-order valence-corrected chi connectivity index (χ3v) is 5.58. The first-order valence-electron chi connectivity index (χ1n) is 8.55. The van der Waals surface area contributed by atoms with E-state index in [4.69, 9.17) is 32.7 Å². The van der Waals surface area contributed by atoms with Crippen LogP contribution in [0, 0.1) is 0 Å². The van der Waals surface area contributed by atoms with E-state index in [2.05, 4.69) is 5.32 Å². The fraction of sp³-hybridized carbons (Fsp3) is 0.316. The van der Waals surface area contributed by atoms with Crippen molar-refractivity contribution in [3.63, 3.8) is 0 Å². The highest BCUT2D eigenvalue weighted by molar-refractivity contribution is 7.92. The van der Waals surface area contributed by atoms with E-state index in [0.717, 1.165) is 16.1 Å². The predicted molar refractivity (Wildman–Crippen MR) is 115 cm³/mol. The van der Waals surface area contributed by atoms with Crippen molar-refractivity contribution in [1.29, 1.82) is 0 Å². The number of hydrogen-bond donors (Lipinski definition) is 1. The van der Waals surface area contributed by atoms with Crippen LogP contribution in [0.25, 0.3) is 0 Å². The van der Waals surface area contributed by atoms with Crippen molar-refractivity contribution < 1.29 is 22.7 Å². The Balaban J connectivity index is 2.02. The van der Waals surface area contributed by atoms with Gasteiger partial charge >= 0.3 is 0 Å². The van der Waals surface area contributed by atoms with Crippen LogP contribution in [0.5, 0.6) is 11.5 Å². The number of hydrogen-bond acceptors (Lipinski definition) is 5. The number of anilines is 1. The summed E-state index contributed by atoms with van der Waals surface area (Å²) in [6, 6.07) is 9.82. The van der Waals surface area contributed by atoms with E-state index in [-0.39, 0.29) is 22.3 Å². The number of methoxy groups -OCH3 is 2. The number of ether oxygens (including phenoxy) is 2. The lowest BCUT2D eigenvalue weighted by Crippen LogP contribution is -2.41. The quantitative estimate of drug-likeness (QED) is 0.621. The van der Waals surface area contributed by atoms with Gasteiger partial charge in [0.15, 0.2) is 11.5 Å². The van der Waals surface area contributed by atoms with E-state index >= 15 is 0 Å². The Morgan fingerprint density at radius 2 is 1.66 bits per heavy atom.